The van der Waals surface area contributed by atoms with Crippen LogP contribution in [0.15, 0.2) is 6.20 Å². The second-order valence-corrected chi connectivity index (χ2v) is 6.46. The third kappa shape index (κ3) is 2.90. The van der Waals surface area contributed by atoms with Crippen LogP contribution in [0.1, 0.15) is 58.9 Å². The Balaban J connectivity index is 1.77. The average molecular weight is 315 g/mol. The standard InChI is InChI=1S/C17H25N5O/c1-5-7-22-13(4)15(12(3)20-22)17(23)21-8-6-14(10-21)16-18-9-11(2)19-16/h9,14H,5-8,10H2,1-4H3,(H,18,19)/t14-/m0/s1. The first kappa shape index (κ1) is 15.8. The zero-order chi connectivity index (χ0) is 16.6. The quantitative estimate of drug-likeness (QED) is 0.943. The summed E-state index contributed by atoms with van der Waals surface area (Å²) in [5.74, 6) is 1.40. The number of carbonyl (C=O) groups excluding carboxylic acids is 1. The Hall–Kier alpha value is -2.11. The fourth-order valence-electron chi connectivity index (χ4n) is 3.40. The highest BCUT2D eigenvalue weighted by atomic mass is 16.2. The molecule has 1 amide bonds. The van der Waals surface area contributed by atoms with Crippen molar-refractivity contribution in [3.05, 3.63) is 34.7 Å². The summed E-state index contributed by atoms with van der Waals surface area (Å²) in [5.41, 5.74) is 3.65. The molecule has 23 heavy (non-hydrogen) atoms. The average Bonchev–Trinajstić information content (AvgIpc) is 3.20. The van der Waals surface area contributed by atoms with Gasteiger partial charge in [-0.15, -0.1) is 0 Å². The maximum atomic E-state index is 12.9. The van der Waals surface area contributed by atoms with Crippen molar-refractivity contribution in [3.8, 4) is 0 Å². The minimum absolute atomic E-state index is 0.105. The topological polar surface area (TPSA) is 66.8 Å². The number of hydrogen-bond acceptors (Lipinski definition) is 3. The van der Waals surface area contributed by atoms with Crippen molar-refractivity contribution in [2.24, 2.45) is 0 Å². The Bertz CT molecular complexity index is 715. The third-order valence-corrected chi connectivity index (χ3v) is 4.62. The van der Waals surface area contributed by atoms with Crippen molar-refractivity contribution < 1.29 is 4.79 Å². The lowest BCUT2D eigenvalue weighted by Gasteiger charge is -2.16. The van der Waals surface area contributed by atoms with Gasteiger partial charge in [0.25, 0.3) is 5.91 Å². The van der Waals surface area contributed by atoms with Crippen LogP contribution in [0, 0.1) is 20.8 Å². The highest BCUT2D eigenvalue weighted by Gasteiger charge is 2.32. The van der Waals surface area contributed by atoms with Crippen LogP contribution in [0.3, 0.4) is 0 Å². The molecule has 0 saturated carbocycles. The third-order valence-electron chi connectivity index (χ3n) is 4.62. The number of hydrogen-bond donors (Lipinski definition) is 1. The predicted octanol–water partition coefficient (Wildman–Crippen LogP) is 2.57. The van der Waals surface area contributed by atoms with Crippen LogP contribution < -0.4 is 0 Å². The molecule has 6 heteroatoms. The molecule has 2 aromatic rings. The molecular formula is C17H25N5O. The van der Waals surface area contributed by atoms with Gasteiger partial charge in [-0.2, -0.15) is 5.10 Å². The summed E-state index contributed by atoms with van der Waals surface area (Å²) in [5, 5.41) is 4.52. The van der Waals surface area contributed by atoms with Gasteiger partial charge in [-0.05, 0) is 33.6 Å². The zero-order valence-corrected chi connectivity index (χ0v) is 14.4. The van der Waals surface area contributed by atoms with Crippen LogP contribution in [0.5, 0.6) is 0 Å². The maximum absolute atomic E-state index is 12.9. The number of likely N-dealkylation sites (tertiary alicyclic amines) is 1. The van der Waals surface area contributed by atoms with Crippen molar-refractivity contribution in [1.29, 1.82) is 0 Å². The Morgan fingerprint density at radius 1 is 1.39 bits per heavy atom. The van der Waals surface area contributed by atoms with Gasteiger partial charge in [0.05, 0.1) is 11.3 Å². The molecule has 3 rings (SSSR count). The van der Waals surface area contributed by atoms with Crippen molar-refractivity contribution in [2.45, 2.75) is 53.0 Å². The molecular weight excluding hydrogens is 290 g/mol. The Morgan fingerprint density at radius 2 is 2.17 bits per heavy atom. The van der Waals surface area contributed by atoms with Gasteiger partial charge in [0.2, 0.25) is 0 Å². The summed E-state index contributed by atoms with van der Waals surface area (Å²) in [7, 11) is 0. The van der Waals surface area contributed by atoms with Gasteiger partial charge < -0.3 is 9.88 Å². The summed E-state index contributed by atoms with van der Waals surface area (Å²) in [6.07, 6.45) is 3.82. The molecule has 6 nitrogen and oxygen atoms in total. The number of aryl methyl sites for hydroxylation is 3. The predicted molar refractivity (Wildman–Crippen MR) is 88.6 cm³/mol. The molecule has 1 aliphatic heterocycles. The lowest BCUT2D eigenvalue weighted by Crippen LogP contribution is -2.29. The lowest BCUT2D eigenvalue weighted by molar-refractivity contribution is 0.0789. The molecule has 2 aromatic heterocycles. The Morgan fingerprint density at radius 3 is 2.83 bits per heavy atom. The number of nitrogens with zero attached hydrogens (tertiary/aromatic N) is 4. The van der Waals surface area contributed by atoms with Crippen molar-refractivity contribution in [2.75, 3.05) is 13.1 Å². The lowest BCUT2D eigenvalue weighted by atomic mass is 10.1. The fourth-order valence-corrected chi connectivity index (χ4v) is 3.40. The SMILES string of the molecule is CCCn1nc(C)c(C(=O)N2CC[C@H](c3ncc(C)[nH]3)C2)c1C. The largest absolute Gasteiger partial charge is 0.346 e. The summed E-state index contributed by atoms with van der Waals surface area (Å²) in [6.45, 7) is 10.4. The smallest absolute Gasteiger partial charge is 0.257 e. The second-order valence-electron chi connectivity index (χ2n) is 6.46. The molecule has 1 fully saturated rings. The van der Waals surface area contributed by atoms with Crippen LogP contribution >= 0.6 is 0 Å². The first-order valence-electron chi connectivity index (χ1n) is 8.36. The number of imidazole rings is 1. The van der Waals surface area contributed by atoms with Crippen LogP contribution in [0.4, 0.5) is 0 Å². The van der Waals surface area contributed by atoms with Crippen molar-refractivity contribution in [3.63, 3.8) is 0 Å². The highest BCUT2D eigenvalue weighted by molar-refractivity contribution is 5.96. The van der Waals surface area contributed by atoms with Gasteiger partial charge in [-0.1, -0.05) is 6.92 Å². The molecule has 3 heterocycles. The molecule has 1 saturated heterocycles. The number of aromatic nitrogens is 4. The minimum atomic E-state index is 0.105. The summed E-state index contributed by atoms with van der Waals surface area (Å²) >= 11 is 0. The van der Waals surface area contributed by atoms with Gasteiger partial charge >= 0.3 is 0 Å². The molecule has 1 N–H and O–H groups in total. The summed E-state index contributed by atoms with van der Waals surface area (Å²) < 4.78 is 1.95. The molecule has 0 unspecified atom stereocenters. The van der Waals surface area contributed by atoms with E-state index in [1.807, 2.05) is 36.5 Å². The van der Waals surface area contributed by atoms with Crippen molar-refractivity contribution in [1.82, 2.24) is 24.6 Å². The molecule has 0 radical (unpaired) electrons. The van der Waals surface area contributed by atoms with E-state index in [-0.39, 0.29) is 5.91 Å². The van der Waals surface area contributed by atoms with Gasteiger partial charge in [0.1, 0.15) is 5.82 Å². The number of aromatic amines is 1. The summed E-state index contributed by atoms with van der Waals surface area (Å²) in [4.78, 5) is 22.6. The molecule has 0 spiro atoms. The van der Waals surface area contributed by atoms with E-state index in [1.54, 1.807) is 0 Å². The minimum Gasteiger partial charge on any atom is -0.346 e. The first-order chi connectivity index (χ1) is 11.0. The number of H-pyrrole nitrogens is 1. The van der Waals surface area contributed by atoms with Gasteiger partial charge in [-0.3, -0.25) is 9.48 Å². The van der Waals surface area contributed by atoms with E-state index in [0.717, 1.165) is 60.9 Å². The number of carbonyl (C=O) groups is 1. The van der Waals surface area contributed by atoms with E-state index < -0.39 is 0 Å². The van der Waals surface area contributed by atoms with Crippen LogP contribution in [-0.4, -0.2) is 43.6 Å². The second kappa shape index (κ2) is 6.18. The van der Waals surface area contributed by atoms with Crippen LogP contribution in [0.2, 0.25) is 0 Å². The molecule has 124 valence electrons. The van der Waals surface area contributed by atoms with E-state index >= 15 is 0 Å². The number of rotatable bonds is 4. The van der Waals surface area contributed by atoms with E-state index in [9.17, 15) is 4.79 Å². The monoisotopic (exact) mass is 315 g/mol. The van der Waals surface area contributed by atoms with Gasteiger partial charge in [0, 0.05) is 43.1 Å². The van der Waals surface area contributed by atoms with Gasteiger partial charge in [0.15, 0.2) is 0 Å². The Kier molecular flexibility index (Phi) is 4.24. The van der Waals surface area contributed by atoms with E-state index in [4.69, 9.17) is 0 Å². The highest BCUT2D eigenvalue weighted by Crippen LogP contribution is 2.27. The molecule has 1 aliphatic rings. The number of amides is 1. The summed E-state index contributed by atoms with van der Waals surface area (Å²) in [6, 6.07) is 0. The van der Waals surface area contributed by atoms with Crippen LogP contribution in [0.25, 0.3) is 0 Å². The van der Waals surface area contributed by atoms with E-state index in [1.165, 1.54) is 0 Å². The molecule has 0 aromatic carbocycles. The van der Waals surface area contributed by atoms with Gasteiger partial charge in [-0.25, -0.2) is 4.98 Å². The zero-order valence-electron chi connectivity index (χ0n) is 14.4. The molecule has 1 atom stereocenters. The molecule has 0 bridgehead atoms. The molecule has 0 aliphatic carbocycles. The normalized spacial score (nSPS) is 17.9. The number of nitrogens with one attached hydrogen (secondary N) is 1. The van der Waals surface area contributed by atoms with Crippen LogP contribution in [-0.2, 0) is 6.54 Å². The van der Waals surface area contributed by atoms with E-state index in [2.05, 4.69) is 22.0 Å². The maximum Gasteiger partial charge on any atom is 0.257 e. The van der Waals surface area contributed by atoms with E-state index in [0.29, 0.717) is 5.92 Å². The first-order valence-corrected chi connectivity index (χ1v) is 8.36. The van der Waals surface area contributed by atoms with Crippen molar-refractivity contribution >= 4 is 5.91 Å². The Labute approximate surface area is 136 Å². The fraction of sp³-hybridized carbons (Fsp3) is 0.588.